The van der Waals surface area contributed by atoms with Gasteiger partial charge in [0.2, 0.25) is 0 Å². The molecule has 3 rings (SSSR count). The molecule has 0 saturated heterocycles. The predicted octanol–water partition coefficient (Wildman–Crippen LogP) is 8.25. The Morgan fingerprint density at radius 2 is 1.40 bits per heavy atom. The Morgan fingerprint density at radius 3 is 1.93 bits per heavy atom. The average Bonchev–Trinajstić information content (AvgIpc) is 2.72. The molecule has 0 bridgehead atoms. The zero-order chi connectivity index (χ0) is 21.8. The van der Waals surface area contributed by atoms with Gasteiger partial charge in [-0.05, 0) is 71.2 Å². The van der Waals surface area contributed by atoms with E-state index in [0.29, 0.717) is 11.8 Å². The van der Waals surface area contributed by atoms with Crippen LogP contribution in [0, 0.1) is 6.92 Å². The highest BCUT2D eigenvalue weighted by molar-refractivity contribution is 7.98. The van der Waals surface area contributed by atoms with Crippen molar-refractivity contribution in [1.29, 1.82) is 0 Å². The minimum Gasteiger partial charge on any atom is -0.389 e. The van der Waals surface area contributed by atoms with Crippen LogP contribution in [-0.2, 0) is 5.75 Å². The summed E-state index contributed by atoms with van der Waals surface area (Å²) < 4.78 is 0. The molecule has 1 nitrogen and oxygen atoms in total. The van der Waals surface area contributed by atoms with Gasteiger partial charge in [0.05, 0.1) is 6.10 Å². The highest BCUT2D eigenvalue weighted by Gasteiger charge is 2.24. The molecule has 0 aliphatic rings. The van der Waals surface area contributed by atoms with Gasteiger partial charge in [-0.2, -0.15) is 0 Å². The van der Waals surface area contributed by atoms with E-state index in [0.717, 1.165) is 11.3 Å². The van der Waals surface area contributed by atoms with Crippen molar-refractivity contribution >= 4 is 11.8 Å². The van der Waals surface area contributed by atoms with E-state index in [1.165, 1.54) is 38.3 Å². The lowest BCUT2D eigenvalue weighted by molar-refractivity contribution is 0.198. The molecule has 1 atom stereocenters. The van der Waals surface area contributed by atoms with Crippen molar-refractivity contribution < 1.29 is 5.11 Å². The van der Waals surface area contributed by atoms with E-state index in [1.54, 1.807) is 0 Å². The van der Waals surface area contributed by atoms with Gasteiger partial charge >= 0.3 is 0 Å². The van der Waals surface area contributed by atoms with Crippen molar-refractivity contribution in [3.05, 3.63) is 88.5 Å². The molecule has 30 heavy (non-hydrogen) atoms. The van der Waals surface area contributed by atoms with E-state index in [4.69, 9.17) is 0 Å². The lowest BCUT2D eigenvalue weighted by atomic mass is 9.80. The topological polar surface area (TPSA) is 20.2 Å². The van der Waals surface area contributed by atoms with Crippen LogP contribution in [0.4, 0.5) is 0 Å². The van der Waals surface area contributed by atoms with Gasteiger partial charge in [0, 0.05) is 10.6 Å². The van der Waals surface area contributed by atoms with Crippen LogP contribution >= 0.6 is 11.8 Å². The van der Waals surface area contributed by atoms with Crippen LogP contribution in [0.15, 0.2) is 65.6 Å². The molecule has 0 amide bonds. The predicted molar refractivity (Wildman–Crippen MR) is 131 cm³/mol. The first kappa shape index (κ1) is 22.7. The van der Waals surface area contributed by atoms with Gasteiger partial charge in [0.25, 0.3) is 0 Å². The molecule has 2 heteroatoms. The molecule has 158 valence electrons. The average molecular weight is 419 g/mol. The van der Waals surface area contributed by atoms with Gasteiger partial charge in [0.15, 0.2) is 0 Å². The fraction of sp³-hybridized carbons (Fsp3) is 0.357. The van der Waals surface area contributed by atoms with Crippen molar-refractivity contribution in [1.82, 2.24) is 0 Å². The van der Waals surface area contributed by atoms with Crippen LogP contribution in [0.1, 0.15) is 80.4 Å². The highest BCUT2D eigenvalue weighted by atomic mass is 32.2. The summed E-state index contributed by atoms with van der Waals surface area (Å²) in [6.45, 7) is 13.0. The molecule has 0 radical (unpaired) electrons. The molecule has 1 unspecified atom stereocenters. The van der Waals surface area contributed by atoms with E-state index >= 15 is 0 Å². The van der Waals surface area contributed by atoms with Crippen LogP contribution in [-0.4, -0.2) is 5.11 Å². The summed E-state index contributed by atoms with van der Waals surface area (Å²) in [5.41, 5.74) is 8.78. The van der Waals surface area contributed by atoms with Gasteiger partial charge in [0.1, 0.15) is 0 Å². The number of hydrogen-bond acceptors (Lipinski definition) is 2. The third-order valence-corrected chi connectivity index (χ3v) is 6.71. The summed E-state index contributed by atoms with van der Waals surface area (Å²) in [5.74, 6) is 1.66. The SMILES string of the molecule is Cc1ccc(SCc2c(C(C)C)cc(C(C)C)c(C(C)O)c2-c2ccccc2)cc1. The fourth-order valence-corrected chi connectivity index (χ4v) is 5.06. The molecule has 0 heterocycles. The second kappa shape index (κ2) is 9.85. The van der Waals surface area contributed by atoms with E-state index in [-0.39, 0.29) is 0 Å². The summed E-state index contributed by atoms with van der Waals surface area (Å²) in [5, 5.41) is 10.9. The maximum absolute atomic E-state index is 10.9. The summed E-state index contributed by atoms with van der Waals surface area (Å²) in [6.07, 6.45) is -0.512. The Bertz CT molecular complexity index is 970. The largest absolute Gasteiger partial charge is 0.389 e. The maximum atomic E-state index is 10.9. The number of aryl methyl sites for hydroxylation is 1. The number of rotatable bonds is 7. The lowest BCUT2D eigenvalue weighted by Crippen LogP contribution is -2.10. The molecule has 0 aliphatic carbocycles. The van der Waals surface area contributed by atoms with Crippen LogP contribution < -0.4 is 0 Å². The Morgan fingerprint density at radius 1 is 0.800 bits per heavy atom. The van der Waals surface area contributed by atoms with Gasteiger partial charge in [-0.1, -0.05) is 81.8 Å². The van der Waals surface area contributed by atoms with Crippen LogP contribution in [0.25, 0.3) is 11.1 Å². The normalized spacial score (nSPS) is 12.6. The summed E-state index contributed by atoms with van der Waals surface area (Å²) in [7, 11) is 0. The number of aliphatic hydroxyl groups excluding tert-OH is 1. The molecular formula is C28H34OS. The van der Waals surface area contributed by atoms with E-state index in [1.807, 2.05) is 18.7 Å². The Balaban J connectivity index is 2.23. The first-order valence-corrected chi connectivity index (χ1v) is 11.9. The van der Waals surface area contributed by atoms with Crippen molar-refractivity contribution in [3.63, 3.8) is 0 Å². The minimum absolute atomic E-state index is 0.355. The summed E-state index contributed by atoms with van der Waals surface area (Å²) >= 11 is 1.88. The highest BCUT2D eigenvalue weighted by Crippen LogP contribution is 2.43. The summed E-state index contributed by atoms with van der Waals surface area (Å²) in [4.78, 5) is 1.28. The lowest BCUT2D eigenvalue weighted by Gasteiger charge is -2.27. The standard InChI is InChI=1S/C28H34OS/c1-18(2)24-16-25(19(3)4)27(21(6)29)28(22-10-8-7-9-11-22)26(24)17-30-23-14-12-20(5)13-15-23/h7-16,18-19,21,29H,17H2,1-6H3. The number of aliphatic hydroxyl groups is 1. The van der Waals surface area contributed by atoms with Crippen molar-refractivity contribution in [2.45, 2.75) is 70.1 Å². The number of thioether (sulfide) groups is 1. The second-order valence-corrected chi connectivity index (χ2v) is 9.82. The molecular weight excluding hydrogens is 384 g/mol. The maximum Gasteiger partial charge on any atom is 0.0770 e. The molecule has 1 N–H and O–H groups in total. The molecule has 0 fully saturated rings. The smallest absolute Gasteiger partial charge is 0.0770 e. The van der Waals surface area contributed by atoms with E-state index < -0.39 is 6.10 Å². The minimum atomic E-state index is -0.512. The first-order valence-electron chi connectivity index (χ1n) is 10.9. The van der Waals surface area contributed by atoms with Crippen molar-refractivity contribution in [3.8, 4) is 11.1 Å². The monoisotopic (exact) mass is 418 g/mol. The quantitative estimate of drug-likeness (QED) is 0.390. The third-order valence-electron chi connectivity index (χ3n) is 5.67. The Hall–Kier alpha value is -2.03. The molecule has 3 aromatic carbocycles. The van der Waals surface area contributed by atoms with Gasteiger partial charge in [-0.3, -0.25) is 0 Å². The summed E-state index contributed by atoms with van der Waals surface area (Å²) in [6, 6.07) is 21.7. The number of hydrogen-bond donors (Lipinski definition) is 1. The molecule has 3 aromatic rings. The molecule has 0 aliphatic heterocycles. The van der Waals surface area contributed by atoms with Crippen LogP contribution in [0.5, 0.6) is 0 Å². The zero-order valence-electron chi connectivity index (χ0n) is 19.1. The third kappa shape index (κ3) is 4.99. The van der Waals surface area contributed by atoms with Gasteiger partial charge < -0.3 is 5.11 Å². The Kier molecular flexibility index (Phi) is 7.44. The van der Waals surface area contributed by atoms with Crippen LogP contribution in [0.3, 0.4) is 0 Å². The number of benzene rings is 3. The van der Waals surface area contributed by atoms with Crippen molar-refractivity contribution in [2.24, 2.45) is 0 Å². The van der Waals surface area contributed by atoms with E-state index in [9.17, 15) is 5.11 Å². The fourth-order valence-electron chi connectivity index (χ4n) is 4.11. The van der Waals surface area contributed by atoms with Crippen molar-refractivity contribution in [2.75, 3.05) is 0 Å². The van der Waals surface area contributed by atoms with Gasteiger partial charge in [-0.25, -0.2) is 0 Å². The van der Waals surface area contributed by atoms with Gasteiger partial charge in [-0.15, -0.1) is 11.8 Å². The van der Waals surface area contributed by atoms with Crippen LogP contribution in [0.2, 0.25) is 0 Å². The second-order valence-electron chi connectivity index (χ2n) is 8.78. The van der Waals surface area contributed by atoms with E-state index in [2.05, 4.69) is 95.3 Å². The molecule has 0 spiro atoms. The molecule has 0 aromatic heterocycles. The zero-order valence-corrected chi connectivity index (χ0v) is 19.9. The molecule has 0 saturated carbocycles. The Labute approximate surface area is 186 Å². The first-order chi connectivity index (χ1) is 14.3.